The number of hydrogen-bond donors (Lipinski definition) is 1. The lowest BCUT2D eigenvalue weighted by atomic mass is 9.99. The van der Waals surface area contributed by atoms with Crippen LogP contribution >= 0.6 is 0 Å². The largest absolute Gasteiger partial charge is 0.272 e. The lowest BCUT2D eigenvalue weighted by molar-refractivity contribution is -0.140. The third-order valence-corrected chi connectivity index (χ3v) is 5.70. The molecule has 1 atom stereocenters. The Labute approximate surface area is 137 Å². The predicted molar refractivity (Wildman–Crippen MR) is 85.7 cm³/mol. The summed E-state index contributed by atoms with van der Waals surface area (Å²) in [5.41, 5.74) is 4.02. The fourth-order valence-corrected chi connectivity index (χ4v) is 3.72. The van der Waals surface area contributed by atoms with Crippen LogP contribution in [-0.4, -0.2) is 42.5 Å². The van der Waals surface area contributed by atoms with Gasteiger partial charge in [-0.05, 0) is 38.8 Å². The van der Waals surface area contributed by atoms with E-state index in [9.17, 15) is 13.2 Å². The molecule has 1 saturated heterocycles. The van der Waals surface area contributed by atoms with E-state index in [2.05, 4.69) is 10.5 Å². The number of hydrogen-bond acceptors (Lipinski definition) is 5. The van der Waals surface area contributed by atoms with Gasteiger partial charge in [-0.3, -0.25) is 14.6 Å². The van der Waals surface area contributed by atoms with E-state index < -0.39 is 10.0 Å². The number of carbonyl (C=O) groups is 1. The molecule has 2 rings (SSSR count). The second kappa shape index (κ2) is 7.85. The fourth-order valence-electron chi connectivity index (χ4n) is 2.54. The average molecular weight is 341 g/mol. The zero-order chi connectivity index (χ0) is 16.9. The van der Waals surface area contributed by atoms with Gasteiger partial charge in [0.15, 0.2) is 0 Å². The van der Waals surface area contributed by atoms with Crippen molar-refractivity contribution >= 4 is 15.9 Å². The molecule has 1 amide bonds. The fraction of sp³-hybridized carbons (Fsp3) is 0.600. The minimum absolute atomic E-state index is 0.0524. The molecule has 0 bridgehead atoms. The molecule has 1 fully saturated rings. The molecule has 1 aromatic rings. The number of nitrogens with one attached hydrogen (secondary N) is 1. The molecule has 1 aliphatic rings. The van der Waals surface area contributed by atoms with Gasteiger partial charge in [-0.15, -0.1) is 0 Å². The van der Waals surface area contributed by atoms with Crippen molar-refractivity contribution in [3.05, 3.63) is 29.6 Å². The maximum absolute atomic E-state index is 12.1. The number of carbonyl (C=O) groups excluding carboxylic acids is 1. The summed E-state index contributed by atoms with van der Waals surface area (Å²) in [4.78, 5) is 21.6. The van der Waals surface area contributed by atoms with E-state index in [-0.39, 0.29) is 30.7 Å². The maximum atomic E-state index is 12.1. The van der Waals surface area contributed by atoms with Crippen molar-refractivity contribution in [2.75, 3.05) is 18.8 Å². The third-order valence-electron chi connectivity index (χ3n) is 3.85. The summed E-state index contributed by atoms with van der Waals surface area (Å²) in [7, 11) is -3.25. The Morgan fingerprint density at radius 1 is 1.48 bits per heavy atom. The molecule has 1 aliphatic heterocycles. The number of aromatic nitrogens is 1. The molecule has 0 aliphatic carbocycles. The third kappa shape index (κ3) is 4.98. The lowest BCUT2D eigenvalue weighted by Crippen LogP contribution is -2.45. The number of aryl methyl sites for hydroxylation is 1. The smallest absolute Gasteiger partial charge is 0.247 e. The molecule has 1 aromatic heterocycles. The molecule has 23 heavy (non-hydrogen) atoms. The summed E-state index contributed by atoms with van der Waals surface area (Å²) in [6.45, 7) is 4.36. The summed E-state index contributed by atoms with van der Waals surface area (Å²) >= 11 is 0. The Kier molecular flexibility index (Phi) is 6.09. The van der Waals surface area contributed by atoms with E-state index in [1.54, 1.807) is 6.92 Å². The average Bonchev–Trinajstić information content (AvgIpc) is 2.55. The van der Waals surface area contributed by atoms with Crippen molar-refractivity contribution in [2.24, 2.45) is 5.92 Å². The number of nitrogens with zero attached hydrogens (tertiary/aromatic N) is 2. The van der Waals surface area contributed by atoms with Gasteiger partial charge in [-0.1, -0.05) is 6.07 Å². The SMILES string of the molecule is CCS(=O)(=O)N1CCC[C@H](C(=O)NOCc2cccc(C)n2)C1. The van der Waals surface area contributed by atoms with Crippen molar-refractivity contribution in [3.63, 3.8) is 0 Å². The van der Waals surface area contributed by atoms with Crippen LogP contribution in [0, 0.1) is 12.8 Å². The molecule has 1 N–H and O–H groups in total. The van der Waals surface area contributed by atoms with Crippen molar-refractivity contribution < 1.29 is 18.0 Å². The van der Waals surface area contributed by atoms with Gasteiger partial charge in [0.1, 0.15) is 6.61 Å². The summed E-state index contributed by atoms with van der Waals surface area (Å²) in [5, 5.41) is 0. The zero-order valence-electron chi connectivity index (χ0n) is 13.5. The van der Waals surface area contributed by atoms with Crippen LogP contribution in [0.5, 0.6) is 0 Å². The summed E-state index contributed by atoms with van der Waals surface area (Å²) in [6, 6.07) is 5.57. The number of sulfonamides is 1. The molecule has 0 spiro atoms. The van der Waals surface area contributed by atoms with Crippen LogP contribution in [0.15, 0.2) is 18.2 Å². The first-order chi connectivity index (χ1) is 10.9. The van der Waals surface area contributed by atoms with Crippen molar-refractivity contribution in [1.29, 1.82) is 0 Å². The normalized spacial score (nSPS) is 19.5. The molecule has 0 saturated carbocycles. The van der Waals surface area contributed by atoms with Gasteiger partial charge >= 0.3 is 0 Å². The van der Waals surface area contributed by atoms with Gasteiger partial charge in [0.25, 0.3) is 0 Å². The van der Waals surface area contributed by atoms with Crippen LogP contribution < -0.4 is 5.48 Å². The summed E-state index contributed by atoms with van der Waals surface area (Å²) in [5.74, 6) is -0.610. The minimum Gasteiger partial charge on any atom is -0.272 e. The van der Waals surface area contributed by atoms with Crippen molar-refractivity contribution in [2.45, 2.75) is 33.3 Å². The topological polar surface area (TPSA) is 88.6 Å². The first kappa shape index (κ1) is 17.8. The van der Waals surface area contributed by atoms with Gasteiger partial charge in [-0.2, -0.15) is 0 Å². The van der Waals surface area contributed by atoms with Gasteiger partial charge < -0.3 is 0 Å². The molecule has 0 unspecified atom stereocenters. The Bertz CT molecular complexity index is 648. The molecular formula is C15H23N3O4S. The molecule has 2 heterocycles. The molecule has 7 nitrogen and oxygen atoms in total. The van der Waals surface area contributed by atoms with E-state index in [1.807, 2.05) is 25.1 Å². The zero-order valence-corrected chi connectivity index (χ0v) is 14.3. The standard InChI is InChI=1S/C15H23N3O4S/c1-3-23(20,21)18-9-5-7-13(10-18)15(19)17-22-11-14-8-4-6-12(2)16-14/h4,6,8,13H,3,5,7,9-11H2,1-2H3,(H,17,19)/t13-/m0/s1. The van der Waals surface area contributed by atoms with E-state index in [1.165, 1.54) is 4.31 Å². The van der Waals surface area contributed by atoms with E-state index >= 15 is 0 Å². The lowest BCUT2D eigenvalue weighted by Gasteiger charge is -2.30. The highest BCUT2D eigenvalue weighted by atomic mass is 32.2. The number of hydroxylamine groups is 1. The summed E-state index contributed by atoms with van der Waals surface area (Å²) in [6.07, 6.45) is 1.34. The highest BCUT2D eigenvalue weighted by Gasteiger charge is 2.31. The second-order valence-corrected chi connectivity index (χ2v) is 7.88. The molecule has 8 heteroatoms. The first-order valence-electron chi connectivity index (χ1n) is 7.74. The Hall–Kier alpha value is -1.51. The van der Waals surface area contributed by atoms with E-state index in [0.29, 0.717) is 19.4 Å². The van der Waals surface area contributed by atoms with Crippen LogP contribution in [0.25, 0.3) is 0 Å². The van der Waals surface area contributed by atoms with Crippen LogP contribution in [-0.2, 0) is 26.3 Å². The predicted octanol–water partition coefficient (Wildman–Crippen LogP) is 1.000. The Morgan fingerprint density at radius 3 is 2.96 bits per heavy atom. The Balaban J connectivity index is 1.83. The summed E-state index contributed by atoms with van der Waals surface area (Å²) < 4.78 is 25.2. The van der Waals surface area contributed by atoms with Crippen molar-refractivity contribution in [3.8, 4) is 0 Å². The van der Waals surface area contributed by atoms with Gasteiger partial charge in [0.2, 0.25) is 15.9 Å². The van der Waals surface area contributed by atoms with Crippen LogP contribution in [0.2, 0.25) is 0 Å². The maximum Gasteiger partial charge on any atom is 0.247 e. The number of pyridine rings is 1. The molecule has 128 valence electrons. The van der Waals surface area contributed by atoms with E-state index in [0.717, 1.165) is 11.4 Å². The Morgan fingerprint density at radius 2 is 2.26 bits per heavy atom. The number of piperidine rings is 1. The molecule has 0 aromatic carbocycles. The monoisotopic (exact) mass is 341 g/mol. The van der Waals surface area contributed by atoms with Crippen LogP contribution in [0.1, 0.15) is 31.2 Å². The molecular weight excluding hydrogens is 318 g/mol. The number of amides is 1. The quantitative estimate of drug-likeness (QED) is 0.780. The first-order valence-corrected chi connectivity index (χ1v) is 9.35. The van der Waals surface area contributed by atoms with Gasteiger partial charge in [-0.25, -0.2) is 18.2 Å². The van der Waals surface area contributed by atoms with Crippen LogP contribution in [0.4, 0.5) is 0 Å². The van der Waals surface area contributed by atoms with Gasteiger partial charge in [0, 0.05) is 18.8 Å². The number of rotatable bonds is 6. The van der Waals surface area contributed by atoms with Crippen LogP contribution in [0.3, 0.4) is 0 Å². The molecule has 0 radical (unpaired) electrons. The highest BCUT2D eigenvalue weighted by molar-refractivity contribution is 7.89. The van der Waals surface area contributed by atoms with Crippen molar-refractivity contribution in [1.82, 2.24) is 14.8 Å². The van der Waals surface area contributed by atoms with E-state index in [4.69, 9.17) is 4.84 Å². The minimum atomic E-state index is -3.25. The second-order valence-electron chi connectivity index (χ2n) is 5.62. The van der Waals surface area contributed by atoms with Gasteiger partial charge in [0.05, 0.1) is 17.4 Å². The highest BCUT2D eigenvalue weighted by Crippen LogP contribution is 2.19.